The summed E-state index contributed by atoms with van der Waals surface area (Å²) in [5.41, 5.74) is 3.51. The quantitative estimate of drug-likeness (QED) is 0.774. The Bertz CT molecular complexity index is 771. The molecule has 2 aliphatic rings. The van der Waals surface area contributed by atoms with Gasteiger partial charge in [0.1, 0.15) is 11.6 Å². The van der Waals surface area contributed by atoms with Gasteiger partial charge in [0.05, 0.1) is 7.11 Å². The molecular weight excluding hydrogens is 313 g/mol. The SMILES string of the molecule is COc1ccc(F)cc1C1=CC2CCCC(C1)N2Cc1ccccc1. The lowest BCUT2D eigenvalue weighted by Crippen LogP contribution is -2.47. The summed E-state index contributed by atoms with van der Waals surface area (Å²) >= 11 is 0. The molecule has 2 atom stereocenters. The molecule has 0 aliphatic carbocycles. The average molecular weight is 337 g/mol. The number of hydrogen-bond acceptors (Lipinski definition) is 2. The minimum Gasteiger partial charge on any atom is -0.496 e. The van der Waals surface area contributed by atoms with Crippen molar-refractivity contribution in [2.75, 3.05) is 7.11 Å². The number of piperidine rings is 1. The average Bonchev–Trinajstić information content (AvgIpc) is 2.62. The van der Waals surface area contributed by atoms with Crippen LogP contribution in [0.2, 0.25) is 0 Å². The van der Waals surface area contributed by atoms with Gasteiger partial charge in [0.25, 0.3) is 0 Å². The van der Waals surface area contributed by atoms with Gasteiger partial charge >= 0.3 is 0 Å². The Balaban J connectivity index is 1.64. The lowest BCUT2D eigenvalue weighted by Gasteiger charge is -2.45. The number of rotatable bonds is 4. The van der Waals surface area contributed by atoms with Crippen LogP contribution in [0.5, 0.6) is 5.75 Å². The van der Waals surface area contributed by atoms with E-state index in [4.69, 9.17) is 4.74 Å². The second kappa shape index (κ2) is 7.01. The Morgan fingerprint density at radius 1 is 1.12 bits per heavy atom. The Morgan fingerprint density at radius 3 is 2.72 bits per heavy atom. The summed E-state index contributed by atoms with van der Waals surface area (Å²) in [6.07, 6.45) is 6.95. The fraction of sp³-hybridized carbons (Fsp3) is 0.364. The molecule has 4 rings (SSSR count). The lowest BCUT2D eigenvalue weighted by molar-refractivity contribution is 0.0950. The van der Waals surface area contributed by atoms with Gasteiger partial charge in [-0.15, -0.1) is 0 Å². The zero-order valence-corrected chi connectivity index (χ0v) is 14.6. The summed E-state index contributed by atoms with van der Waals surface area (Å²) < 4.78 is 19.3. The van der Waals surface area contributed by atoms with E-state index in [0.29, 0.717) is 12.1 Å². The minimum atomic E-state index is -0.200. The number of methoxy groups -OCH3 is 1. The summed E-state index contributed by atoms with van der Waals surface area (Å²) in [5, 5.41) is 0. The van der Waals surface area contributed by atoms with Crippen molar-refractivity contribution in [3.63, 3.8) is 0 Å². The van der Waals surface area contributed by atoms with Crippen LogP contribution in [0.4, 0.5) is 4.39 Å². The summed E-state index contributed by atoms with van der Waals surface area (Å²) in [6, 6.07) is 16.4. The maximum atomic E-state index is 13.8. The van der Waals surface area contributed by atoms with Gasteiger partial charge in [0, 0.05) is 24.2 Å². The third kappa shape index (κ3) is 3.34. The van der Waals surface area contributed by atoms with Crippen molar-refractivity contribution < 1.29 is 9.13 Å². The molecule has 1 fully saturated rings. The van der Waals surface area contributed by atoms with Crippen LogP contribution in [-0.4, -0.2) is 24.1 Å². The third-order valence-electron chi connectivity index (χ3n) is 5.50. The summed E-state index contributed by atoms with van der Waals surface area (Å²) in [4.78, 5) is 2.62. The van der Waals surface area contributed by atoms with Gasteiger partial charge in [-0.1, -0.05) is 42.8 Å². The van der Waals surface area contributed by atoms with Crippen LogP contribution in [0.25, 0.3) is 5.57 Å². The Hall–Kier alpha value is -2.13. The van der Waals surface area contributed by atoms with E-state index in [1.54, 1.807) is 19.2 Å². The number of halogens is 1. The number of ether oxygens (including phenoxy) is 1. The highest BCUT2D eigenvalue weighted by Crippen LogP contribution is 2.40. The number of benzene rings is 2. The van der Waals surface area contributed by atoms with E-state index >= 15 is 0 Å². The highest BCUT2D eigenvalue weighted by Gasteiger charge is 2.34. The van der Waals surface area contributed by atoms with Crippen molar-refractivity contribution in [1.29, 1.82) is 0 Å². The van der Waals surface area contributed by atoms with Gasteiger partial charge in [0.2, 0.25) is 0 Å². The first-order chi connectivity index (χ1) is 12.2. The fourth-order valence-electron chi connectivity index (χ4n) is 4.29. The second-order valence-electron chi connectivity index (χ2n) is 7.05. The van der Waals surface area contributed by atoms with Crippen molar-refractivity contribution in [2.45, 2.75) is 44.3 Å². The molecular formula is C22H24FNO. The first-order valence-electron chi connectivity index (χ1n) is 9.09. The first kappa shape index (κ1) is 16.3. The van der Waals surface area contributed by atoms with Gasteiger partial charge in [-0.05, 0) is 48.6 Å². The van der Waals surface area contributed by atoms with Crippen molar-refractivity contribution in [1.82, 2.24) is 4.90 Å². The minimum absolute atomic E-state index is 0.200. The van der Waals surface area contributed by atoms with Crippen LogP contribution in [0.3, 0.4) is 0 Å². The molecule has 2 nitrogen and oxygen atoms in total. The fourth-order valence-corrected chi connectivity index (χ4v) is 4.29. The predicted molar refractivity (Wildman–Crippen MR) is 99.0 cm³/mol. The van der Waals surface area contributed by atoms with E-state index in [2.05, 4.69) is 41.3 Å². The van der Waals surface area contributed by atoms with Gasteiger partial charge in [0.15, 0.2) is 0 Å². The van der Waals surface area contributed by atoms with Gasteiger partial charge in [-0.25, -0.2) is 4.39 Å². The van der Waals surface area contributed by atoms with E-state index in [0.717, 1.165) is 24.3 Å². The number of nitrogens with zero attached hydrogens (tertiary/aromatic N) is 1. The molecule has 0 spiro atoms. The maximum absolute atomic E-state index is 13.8. The maximum Gasteiger partial charge on any atom is 0.126 e. The molecule has 2 aliphatic heterocycles. The summed E-state index contributed by atoms with van der Waals surface area (Å²) in [6.45, 7) is 0.986. The van der Waals surface area contributed by atoms with Crippen LogP contribution < -0.4 is 4.74 Å². The van der Waals surface area contributed by atoms with Crippen molar-refractivity contribution >= 4 is 5.57 Å². The molecule has 2 heterocycles. The van der Waals surface area contributed by atoms with Crippen molar-refractivity contribution in [2.24, 2.45) is 0 Å². The molecule has 2 unspecified atom stereocenters. The van der Waals surface area contributed by atoms with E-state index in [1.165, 1.54) is 36.5 Å². The highest BCUT2D eigenvalue weighted by molar-refractivity contribution is 5.72. The van der Waals surface area contributed by atoms with Gasteiger partial charge in [-0.3, -0.25) is 4.90 Å². The molecule has 0 amide bonds. The smallest absolute Gasteiger partial charge is 0.126 e. The molecule has 0 aromatic heterocycles. The zero-order valence-electron chi connectivity index (χ0n) is 14.6. The monoisotopic (exact) mass is 337 g/mol. The van der Waals surface area contributed by atoms with Gasteiger partial charge in [-0.2, -0.15) is 0 Å². The molecule has 0 saturated carbocycles. The Labute approximate surface area is 148 Å². The molecule has 3 heteroatoms. The van der Waals surface area contributed by atoms with Crippen LogP contribution in [0, 0.1) is 5.82 Å². The first-order valence-corrected chi connectivity index (χ1v) is 9.09. The van der Waals surface area contributed by atoms with Crippen LogP contribution in [0.15, 0.2) is 54.6 Å². The second-order valence-corrected chi connectivity index (χ2v) is 7.05. The summed E-state index contributed by atoms with van der Waals surface area (Å²) in [7, 11) is 1.66. The van der Waals surface area contributed by atoms with E-state index in [9.17, 15) is 4.39 Å². The lowest BCUT2D eigenvalue weighted by atomic mass is 9.82. The number of hydrogen-bond donors (Lipinski definition) is 0. The van der Waals surface area contributed by atoms with Crippen LogP contribution >= 0.6 is 0 Å². The topological polar surface area (TPSA) is 12.5 Å². The van der Waals surface area contributed by atoms with Crippen LogP contribution in [0.1, 0.15) is 36.8 Å². The zero-order chi connectivity index (χ0) is 17.2. The third-order valence-corrected chi connectivity index (χ3v) is 5.50. The normalized spacial score (nSPS) is 23.2. The molecule has 130 valence electrons. The Kier molecular flexibility index (Phi) is 4.58. The predicted octanol–water partition coefficient (Wildman–Crippen LogP) is 5.04. The van der Waals surface area contributed by atoms with E-state index < -0.39 is 0 Å². The molecule has 0 radical (unpaired) electrons. The van der Waals surface area contributed by atoms with E-state index in [1.807, 2.05) is 0 Å². The van der Waals surface area contributed by atoms with Gasteiger partial charge < -0.3 is 4.74 Å². The molecule has 0 N–H and O–H groups in total. The highest BCUT2D eigenvalue weighted by atomic mass is 19.1. The van der Waals surface area contributed by atoms with Crippen LogP contribution in [-0.2, 0) is 6.54 Å². The number of fused-ring (bicyclic) bond motifs is 2. The van der Waals surface area contributed by atoms with E-state index in [-0.39, 0.29) is 5.82 Å². The molecule has 2 aromatic carbocycles. The standard InChI is InChI=1S/C22H24FNO/c1-25-22-11-10-18(23)14-21(22)17-12-19-8-5-9-20(13-17)24(19)15-16-6-3-2-4-7-16/h2-4,6-7,10-12,14,19-20H,5,8-9,13,15H2,1H3. The molecule has 25 heavy (non-hydrogen) atoms. The summed E-state index contributed by atoms with van der Waals surface area (Å²) in [5.74, 6) is 0.566. The molecule has 2 bridgehead atoms. The Morgan fingerprint density at radius 2 is 1.96 bits per heavy atom. The van der Waals surface area contributed by atoms with Crippen molar-refractivity contribution in [3.8, 4) is 5.75 Å². The largest absolute Gasteiger partial charge is 0.496 e. The molecule has 1 saturated heterocycles. The van der Waals surface area contributed by atoms with Crippen molar-refractivity contribution in [3.05, 3.63) is 71.6 Å². The molecule has 2 aromatic rings.